The summed E-state index contributed by atoms with van der Waals surface area (Å²) in [7, 11) is 2.28. The van der Waals surface area contributed by atoms with Crippen molar-refractivity contribution in [1.82, 2.24) is 10.0 Å². The molecule has 2 aromatic rings. The van der Waals surface area contributed by atoms with Crippen LogP contribution in [0.4, 0.5) is 0 Å². The molecule has 132 valence electrons. The molecule has 1 saturated heterocycles. The molecule has 0 N–H and O–H groups in total. The number of alkyl halides is 1. The van der Waals surface area contributed by atoms with E-state index in [0.29, 0.717) is 0 Å². The number of fused-ring (bicyclic) bond motifs is 4. The molecule has 0 radical (unpaired) electrons. The van der Waals surface area contributed by atoms with E-state index in [1.165, 1.54) is 11.1 Å². The summed E-state index contributed by atoms with van der Waals surface area (Å²) in [6.07, 6.45) is 2.33. The first-order valence-electron chi connectivity index (χ1n) is 8.28. The standard InChI is InChI=1S/C20H20I3N2/c1-13-17(23-19-21-11-12-25(19)24(4)20(23,2)3)10-9-15-14-7-5-6-8-16(14)22-18(13)15/h5-12H,1-4H3/q-1. The molecule has 0 aromatic heterocycles. The molecule has 5 rings (SSSR count). The van der Waals surface area contributed by atoms with Crippen molar-refractivity contribution in [2.75, 3.05) is 7.05 Å². The van der Waals surface area contributed by atoms with Crippen LogP contribution in [0.3, 0.4) is 0 Å². The summed E-state index contributed by atoms with van der Waals surface area (Å²) >= 11 is -1.39. The van der Waals surface area contributed by atoms with E-state index in [-0.39, 0.29) is 45.5 Å². The minimum atomic E-state index is -1.44. The third-order valence-corrected chi connectivity index (χ3v) is 21.6. The molecular weight excluding hydrogens is 649 g/mol. The van der Waals surface area contributed by atoms with Crippen LogP contribution in [-0.4, -0.2) is 22.3 Å². The van der Waals surface area contributed by atoms with Crippen LogP contribution in [0.15, 0.2) is 46.7 Å². The van der Waals surface area contributed by atoms with E-state index in [0.717, 1.165) is 0 Å². The van der Waals surface area contributed by atoms with Gasteiger partial charge in [0.05, 0.1) is 0 Å². The second-order valence-corrected chi connectivity index (χ2v) is 20.4. The first kappa shape index (κ1) is 17.1. The van der Waals surface area contributed by atoms with Gasteiger partial charge in [0.15, 0.2) is 0 Å². The monoisotopic (exact) mass is 669 g/mol. The van der Waals surface area contributed by atoms with E-state index in [9.17, 15) is 0 Å². The summed E-state index contributed by atoms with van der Waals surface area (Å²) in [5, 5.41) is 5.00. The SMILES string of the molecule is Cc1c(I2C3=IC=CN3N(C)C2(C)C)ccc2c1[I-]c1ccccc1-2. The van der Waals surface area contributed by atoms with Gasteiger partial charge in [0.25, 0.3) is 0 Å². The second-order valence-electron chi connectivity index (χ2n) is 6.79. The van der Waals surface area contributed by atoms with E-state index in [1.54, 1.807) is 17.9 Å². The molecule has 0 bridgehead atoms. The molecule has 25 heavy (non-hydrogen) atoms. The molecule has 0 unspecified atom stereocenters. The minimum absolute atomic E-state index is 0.0269. The zero-order chi connectivity index (χ0) is 17.3. The number of rotatable bonds is 1. The predicted octanol–water partition coefficient (Wildman–Crippen LogP) is 2.22. The third-order valence-electron chi connectivity index (χ3n) is 5.12. The van der Waals surface area contributed by atoms with Gasteiger partial charge in [-0.3, -0.25) is 0 Å². The molecule has 5 heteroatoms. The number of hydrazine groups is 1. The molecule has 1 fully saturated rings. The van der Waals surface area contributed by atoms with Crippen LogP contribution >= 0.6 is 40.6 Å². The van der Waals surface area contributed by atoms with Gasteiger partial charge in [-0.1, -0.05) is 0 Å². The number of hydrogen-bond donors (Lipinski definition) is 0. The quantitative estimate of drug-likeness (QED) is 0.223. The van der Waals surface area contributed by atoms with Crippen molar-refractivity contribution in [3.05, 3.63) is 63.0 Å². The fraction of sp³-hybridized carbons (Fsp3) is 0.250. The predicted molar refractivity (Wildman–Crippen MR) is 119 cm³/mol. The number of benzene rings is 2. The number of nitrogens with zero attached hydrogens (tertiary/aromatic N) is 2. The van der Waals surface area contributed by atoms with Gasteiger partial charge in [0.2, 0.25) is 0 Å². The maximum absolute atomic E-state index is 2.51. The van der Waals surface area contributed by atoms with Crippen LogP contribution in [0, 0.1) is 17.6 Å². The molecule has 0 aliphatic carbocycles. The molecule has 2 aromatic carbocycles. The Hall–Kier alpha value is -0.000000000000000222. The first-order chi connectivity index (χ1) is 12.0. The van der Waals surface area contributed by atoms with Crippen LogP contribution in [-0.2, 0) is 0 Å². The molecule has 0 spiro atoms. The maximum atomic E-state index is 2.51. The van der Waals surface area contributed by atoms with Crippen LogP contribution in [0.25, 0.3) is 11.1 Å². The van der Waals surface area contributed by atoms with Gasteiger partial charge < -0.3 is 0 Å². The summed E-state index contributed by atoms with van der Waals surface area (Å²) in [5.41, 5.74) is 4.64. The number of hydrogen-bond acceptors (Lipinski definition) is 2. The Balaban J connectivity index is 1.66. The molecule has 0 amide bonds. The van der Waals surface area contributed by atoms with Crippen molar-refractivity contribution in [3.8, 4) is 11.1 Å². The molecule has 0 saturated carbocycles. The third kappa shape index (κ3) is 2.37. The second kappa shape index (κ2) is 6.00. The zero-order valence-corrected chi connectivity index (χ0v) is 21.1. The van der Waals surface area contributed by atoms with Crippen molar-refractivity contribution < 1.29 is 21.2 Å². The van der Waals surface area contributed by atoms with Gasteiger partial charge in [0.1, 0.15) is 0 Å². The molecule has 3 aliphatic heterocycles. The summed E-state index contributed by atoms with van der Waals surface area (Å²) < 4.78 is 9.53. The Morgan fingerprint density at radius 2 is 1.88 bits per heavy atom. The van der Waals surface area contributed by atoms with Gasteiger partial charge in [-0.05, 0) is 0 Å². The Morgan fingerprint density at radius 3 is 2.72 bits per heavy atom. The molecule has 2 nitrogen and oxygen atoms in total. The topological polar surface area (TPSA) is 6.48 Å². The van der Waals surface area contributed by atoms with E-state index >= 15 is 0 Å². The number of halogens is 3. The van der Waals surface area contributed by atoms with Gasteiger partial charge in [0, 0.05) is 0 Å². The van der Waals surface area contributed by atoms with Crippen molar-refractivity contribution in [1.29, 1.82) is 0 Å². The summed E-state index contributed by atoms with van der Waals surface area (Å²) in [4.78, 5) is 0. The molecule has 0 atom stereocenters. The van der Waals surface area contributed by atoms with E-state index in [1.807, 2.05) is 0 Å². The fourth-order valence-electron chi connectivity index (χ4n) is 3.54. The van der Waals surface area contributed by atoms with Gasteiger partial charge >= 0.3 is 179 Å². The summed E-state index contributed by atoms with van der Waals surface area (Å²) in [5.74, 6) is 0. The molecule has 3 aliphatic rings. The average Bonchev–Trinajstić information content (AvgIpc) is 3.25. The Kier molecular flexibility index (Phi) is 4.11. The zero-order valence-electron chi connectivity index (χ0n) is 14.6. The van der Waals surface area contributed by atoms with E-state index in [4.69, 9.17) is 0 Å². The summed E-state index contributed by atoms with van der Waals surface area (Å²) in [6, 6.07) is 14.0. The van der Waals surface area contributed by atoms with Gasteiger partial charge in [-0.2, -0.15) is 0 Å². The van der Waals surface area contributed by atoms with Gasteiger partial charge in [-0.25, -0.2) is 0 Å². The van der Waals surface area contributed by atoms with Gasteiger partial charge in [-0.15, -0.1) is 0 Å². The first-order valence-corrected chi connectivity index (χ1v) is 16.0. The van der Waals surface area contributed by atoms with Crippen molar-refractivity contribution in [2.45, 2.75) is 24.3 Å². The van der Waals surface area contributed by atoms with Crippen molar-refractivity contribution in [3.63, 3.8) is 0 Å². The fourth-order valence-corrected chi connectivity index (χ4v) is 22.8. The van der Waals surface area contributed by atoms with E-state index in [2.05, 4.69) is 84.5 Å². The Bertz CT molecular complexity index is 961. The van der Waals surface area contributed by atoms with E-state index < -0.39 is 19.8 Å². The van der Waals surface area contributed by atoms with Crippen LogP contribution in [0.2, 0.25) is 0 Å². The van der Waals surface area contributed by atoms with Crippen molar-refractivity contribution in [2.24, 2.45) is 0 Å². The molecule has 3 heterocycles. The average molecular weight is 669 g/mol. The van der Waals surface area contributed by atoms with Crippen LogP contribution < -0.4 is 21.2 Å². The van der Waals surface area contributed by atoms with Crippen LogP contribution in [0.5, 0.6) is 0 Å². The molecular formula is C20H20I3N2-. The Labute approximate surface area is 177 Å². The Morgan fingerprint density at radius 1 is 1.08 bits per heavy atom. The van der Waals surface area contributed by atoms with Crippen LogP contribution in [0.1, 0.15) is 19.4 Å². The van der Waals surface area contributed by atoms with Crippen molar-refractivity contribution >= 4 is 42.2 Å². The normalized spacial score (nSPS) is 22.0. The summed E-state index contributed by atoms with van der Waals surface area (Å²) in [6.45, 7) is 7.35.